The molecule has 4 aromatic rings. The van der Waals surface area contributed by atoms with E-state index >= 15 is 0 Å². The van der Waals surface area contributed by atoms with Crippen LogP contribution in [0.1, 0.15) is 30.0 Å². The number of carbonyl (C=O) groups is 1. The Morgan fingerprint density at radius 3 is 2.62 bits per heavy atom. The highest BCUT2D eigenvalue weighted by atomic mass is 32.1. The SMILES string of the molecule is CON(C)C(=O)Oc1c(Cc2c(C)[nH]c3ccccc23)sc2c1c(=O)n(C)c(=O)n2CC(C)C. The van der Waals surface area contributed by atoms with Crippen LogP contribution in [0.4, 0.5) is 4.79 Å². The third-order valence-electron chi connectivity index (χ3n) is 5.83. The fourth-order valence-electron chi connectivity index (χ4n) is 4.05. The summed E-state index contributed by atoms with van der Waals surface area (Å²) in [6, 6.07) is 7.96. The smallest absolute Gasteiger partial charge is 0.407 e. The number of hydroxylamine groups is 2. The summed E-state index contributed by atoms with van der Waals surface area (Å²) in [6.45, 7) is 6.42. The van der Waals surface area contributed by atoms with Crippen molar-refractivity contribution in [2.75, 3.05) is 14.2 Å². The number of nitrogens with zero attached hydrogens (tertiary/aromatic N) is 3. The molecule has 3 heterocycles. The summed E-state index contributed by atoms with van der Waals surface area (Å²) in [5.41, 5.74) is 2.13. The van der Waals surface area contributed by atoms with Crippen LogP contribution in [0, 0.1) is 12.8 Å². The van der Waals surface area contributed by atoms with Crippen molar-refractivity contribution in [3.8, 4) is 5.75 Å². The molecule has 4 rings (SSSR count). The Kier molecular flexibility index (Phi) is 6.37. The van der Waals surface area contributed by atoms with E-state index in [2.05, 4.69) is 4.98 Å². The van der Waals surface area contributed by atoms with Crippen molar-refractivity contribution in [3.05, 3.63) is 61.2 Å². The standard InChI is InChI=1S/C24H28N4O5S/c1-13(2)12-28-22-19(21(29)26(4)23(28)30)20(33-24(31)27(5)32-6)18(34-22)11-16-14(3)25-17-10-8-7-9-15(16)17/h7-10,13,25H,11-12H2,1-6H3. The number of hydrogen-bond acceptors (Lipinski definition) is 6. The number of nitrogens with one attached hydrogen (secondary N) is 1. The van der Waals surface area contributed by atoms with E-state index in [1.165, 1.54) is 32.5 Å². The Labute approximate surface area is 200 Å². The molecule has 10 heteroatoms. The van der Waals surface area contributed by atoms with Gasteiger partial charge >= 0.3 is 11.8 Å². The summed E-state index contributed by atoms with van der Waals surface area (Å²) < 4.78 is 8.38. The average Bonchev–Trinajstić information content (AvgIpc) is 3.32. The van der Waals surface area contributed by atoms with E-state index in [4.69, 9.17) is 9.57 Å². The highest BCUT2D eigenvalue weighted by Gasteiger charge is 2.26. The number of carbonyl (C=O) groups excluding carboxylic acids is 1. The van der Waals surface area contributed by atoms with E-state index in [9.17, 15) is 14.4 Å². The number of benzene rings is 1. The second-order valence-corrected chi connectivity index (χ2v) is 9.77. The summed E-state index contributed by atoms with van der Waals surface area (Å²) in [7, 11) is 4.21. The molecule has 3 aromatic heterocycles. The molecule has 0 radical (unpaired) electrons. The topological polar surface area (TPSA) is 98.6 Å². The fraction of sp³-hybridized carbons (Fsp3) is 0.375. The molecule has 0 atom stereocenters. The number of aromatic nitrogens is 3. The van der Waals surface area contributed by atoms with E-state index in [1.54, 1.807) is 4.57 Å². The lowest BCUT2D eigenvalue weighted by Gasteiger charge is -2.14. The molecule has 1 amide bonds. The van der Waals surface area contributed by atoms with Crippen LogP contribution < -0.4 is 16.0 Å². The van der Waals surface area contributed by atoms with E-state index in [-0.39, 0.29) is 17.1 Å². The number of para-hydroxylation sites is 1. The third kappa shape index (κ3) is 4.03. The Morgan fingerprint density at radius 2 is 1.94 bits per heavy atom. The van der Waals surface area contributed by atoms with Crippen molar-refractivity contribution in [2.45, 2.75) is 33.7 Å². The second kappa shape index (κ2) is 9.11. The first kappa shape index (κ1) is 23.8. The number of aryl methyl sites for hydroxylation is 1. The Bertz CT molecular complexity index is 1510. The van der Waals surface area contributed by atoms with Gasteiger partial charge in [0.2, 0.25) is 0 Å². The zero-order valence-corrected chi connectivity index (χ0v) is 20.9. The molecule has 0 bridgehead atoms. The summed E-state index contributed by atoms with van der Waals surface area (Å²) in [4.78, 5) is 48.4. The molecule has 34 heavy (non-hydrogen) atoms. The molecular formula is C24H28N4O5S. The minimum atomic E-state index is -0.761. The van der Waals surface area contributed by atoms with Gasteiger partial charge in [-0.1, -0.05) is 32.0 Å². The molecule has 0 unspecified atom stereocenters. The molecule has 0 aliphatic heterocycles. The van der Waals surface area contributed by atoms with Crippen LogP contribution in [0.2, 0.25) is 0 Å². The number of hydrogen-bond donors (Lipinski definition) is 1. The number of aromatic amines is 1. The van der Waals surface area contributed by atoms with Crippen LogP contribution >= 0.6 is 11.3 Å². The highest BCUT2D eigenvalue weighted by Crippen LogP contribution is 2.39. The molecule has 1 aromatic carbocycles. The van der Waals surface area contributed by atoms with Gasteiger partial charge in [-0.15, -0.1) is 11.3 Å². The van der Waals surface area contributed by atoms with Gasteiger partial charge in [-0.3, -0.25) is 18.8 Å². The number of amides is 1. The van der Waals surface area contributed by atoms with Gasteiger partial charge in [0.25, 0.3) is 5.56 Å². The van der Waals surface area contributed by atoms with Crippen LogP contribution in [0.3, 0.4) is 0 Å². The lowest BCUT2D eigenvalue weighted by molar-refractivity contribution is -0.0789. The molecule has 0 saturated carbocycles. The fourth-order valence-corrected chi connectivity index (χ4v) is 5.28. The van der Waals surface area contributed by atoms with Crippen LogP contribution in [-0.2, 0) is 24.9 Å². The predicted octanol–water partition coefficient (Wildman–Crippen LogP) is 3.79. The second-order valence-electron chi connectivity index (χ2n) is 8.68. The van der Waals surface area contributed by atoms with Crippen LogP contribution in [0.5, 0.6) is 5.75 Å². The molecule has 1 N–H and O–H groups in total. The van der Waals surface area contributed by atoms with Gasteiger partial charge in [0.15, 0.2) is 5.75 Å². The number of H-pyrrole nitrogens is 1. The largest absolute Gasteiger partial charge is 0.439 e. The van der Waals surface area contributed by atoms with Gasteiger partial charge in [-0.05, 0) is 24.5 Å². The molecule has 9 nitrogen and oxygen atoms in total. The molecular weight excluding hydrogens is 456 g/mol. The quantitative estimate of drug-likeness (QED) is 0.420. The minimum absolute atomic E-state index is 0.164. The van der Waals surface area contributed by atoms with Gasteiger partial charge in [-0.25, -0.2) is 9.59 Å². The maximum absolute atomic E-state index is 13.2. The molecule has 0 aliphatic rings. The summed E-state index contributed by atoms with van der Waals surface area (Å²) in [6.07, 6.45) is -0.337. The predicted molar refractivity (Wildman–Crippen MR) is 133 cm³/mol. The first-order valence-corrected chi connectivity index (χ1v) is 11.8. The monoisotopic (exact) mass is 484 g/mol. The Morgan fingerprint density at radius 1 is 1.24 bits per heavy atom. The van der Waals surface area contributed by atoms with Crippen LogP contribution in [0.25, 0.3) is 21.1 Å². The van der Waals surface area contributed by atoms with Crippen LogP contribution in [0.15, 0.2) is 33.9 Å². The highest BCUT2D eigenvalue weighted by molar-refractivity contribution is 7.19. The summed E-state index contributed by atoms with van der Waals surface area (Å²) in [5, 5.41) is 2.22. The zero-order valence-electron chi connectivity index (χ0n) is 20.1. The van der Waals surface area contributed by atoms with E-state index in [0.717, 1.165) is 31.8 Å². The maximum atomic E-state index is 13.2. The lowest BCUT2D eigenvalue weighted by atomic mass is 10.1. The maximum Gasteiger partial charge on any atom is 0.439 e. The van der Waals surface area contributed by atoms with Crippen molar-refractivity contribution in [1.82, 2.24) is 19.2 Å². The third-order valence-corrected chi connectivity index (χ3v) is 7.02. The van der Waals surface area contributed by atoms with Crippen molar-refractivity contribution in [1.29, 1.82) is 0 Å². The van der Waals surface area contributed by atoms with Gasteiger partial charge in [0, 0.05) is 43.7 Å². The molecule has 0 aliphatic carbocycles. The van der Waals surface area contributed by atoms with Crippen molar-refractivity contribution < 1.29 is 14.4 Å². The first-order valence-electron chi connectivity index (χ1n) is 10.9. The molecule has 0 spiro atoms. The number of fused-ring (bicyclic) bond motifs is 2. The number of rotatable bonds is 6. The Balaban J connectivity index is 1.99. The normalized spacial score (nSPS) is 11.6. The molecule has 0 fully saturated rings. The average molecular weight is 485 g/mol. The zero-order chi connectivity index (χ0) is 24.7. The van der Waals surface area contributed by atoms with Gasteiger partial charge in [0.05, 0.1) is 12.0 Å². The number of thiophene rings is 1. The summed E-state index contributed by atoms with van der Waals surface area (Å²) >= 11 is 1.31. The van der Waals surface area contributed by atoms with Gasteiger partial charge < -0.3 is 9.72 Å². The van der Waals surface area contributed by atoms with Crippen molar-refractivity contribution >= 4 is 38.5 Å². The molecule has 180 valence electrons. The van der Waals surface area contributed by atoms with E-state index in [1.807, 2.05) is 45.0 Å². The number of ether oxygens (including phenoxy) is 1. The van der Waals surface area contributed by atoms with Crippen molar-refractivity contribution in [3.63, 3.8) is 0 Å². The van der Waals surface area contributed by atoms with Gasteiger partial charge in [-0.2, -0.15) is 5.06 Å². The van der Waals surface area contributed by atoms with E-state index < -0.39 is 17.3 Å². The summed E-state index contributed by atoms with van der Waals surface area (Å²) in [5.74, 6) is 0.335. The minimum Gasteiger partial charge on any atom is -0.407 e. The molecule has 0 saturated heterocycles. The lowest BCUT2D eigenvalue weighted by Crippen LogP contribution is -2.38. The Hall–Kier alpha value is -3.37. The van der Waals surface area contributed by atoms with Crippen molar-refractivity contribution in [2.24, 2.45) is 13.0 Å². The first-order chi connectivity index (χ1) is 16.1. The van der Waals surface area contributed by atoms with E-state index in [0.29, 0.717) is 22.7 Å². The van der Waals surface area contributed by atoms with Gasteiger partial charge in [0.1, 0.15) is 10.2 Å². The van der Waals surface area contributed by atoms with Crippen LogP contribution in [-0.4, -0.2) is 39.4 Å².